The minimum Gasteiger partial charge on any atom is -0.478 e. The molecule has 114 valence electrons. The smallest absolute Gasteiger partial charge is 0.428 e. The normalized spacial score (nSPS) is 11.5. The molecule has 0 saturated heterocycles. The summed E-state index contributed by atoms with van der Waals surface area (Å²) in [7, 11) is 0. The molecule has 0 aromatic carbocycles. The van der Waals surface area contributed by atoms with Gasteiger partial charge < -0.3 is 9.84 Å². The third-order valence-electron chi connectivity index (χ3n) is 1.95. The Morgan fingerprint density at radius 1 is 1.43 bits per heavy atom. The molecule has 0 aliphatic heterocycles. The maximum absolute atomic E-state index is 11.4. The number of hydrogen-bond donors (Lipinski definition) is 2. The zero-order chi connectivity index (χ0) is 16.2. The minimum atomic E-state index is -1.29. The van der Waals surface area contributed by atoms with Crippen LogP contribution in [0.2, 0.25) is 10.3 Å². The highest BCUT2D eigenvalue weighted by atomic mass is 35.5. The molecule has 9 heteroatoms. The molecule has 1 amide bonds. The number of amides is 1. The number of carboxylic acids is 1. The van der Waals surface area contributed by atoms with Crippen molar-refractivity contribution in [2.75, 3.05) is 0 Å². The first-order valence-electron chi connectivity index (χ1n) is 5.71. The van der Waals surface area contributed by atoms with E-state index < -0.39 is 17.7 Å². The van der Waals surface area contributed by atoms with Gasteiger partial charge in [-0.2, -0.15) is 5.10 Å². The number of halogens is 2. The second-order valence-corrected chi connectivity index (χ2v) is 5.62. The van der Waals surface area contributed by atoms with Crippen LogP contribution in [0.4, 0.5) is 4.79 Å². The average Bonchev–Trinajstić information content (AvgIpc) is 2.24. The molecule has 0 bridgehead atoms. The third kappa shape index (κ3) is 5.57. The topological polar surface area (TPSA) is 101 Å². The molecule has 0 spiro atoms. The molecule has 0 atom stereocenters. The predicted molar refractivity (Wildman–Crippen MR) is 78.2 cm³/mol. The monoisotopic (exact) mass is 333 g/mol. The van der Waals surface area contributed by atoms with Gasteiger partial charge in [-0.05, 0) is 26.8 Å². The lowest BCUT2D eigenvalue weighted by atomic mass is 10.1. The summed E-state index contributed by atoms with van der Waals surface area (Å²) in [6.45, 7) is 5.09. The second kappa shape index (κ2) is 6.73. The highest BCUT2D eigenvalue weighted by Crippen LogP contribution is 2.20. The van der Waals surface area contributed by atoms with Crippen LogP contribution in [0.15, 0.2) is 11.2 Å². The van der Waals surface area contributed by atoms with Crippen LogP contribution in [-0.2, 0) is 4.74 Å². The van der Waals surface area contributed by atoms with E-state index in [9.17, 15) is 9.59 Å². The summed E-state index contributed by atoms with van der Waals surface area (Å²) in [5.74, 6) is -1.29. The fraction of sp³-hybridized carbons (Fsp3) is 0.333. The molecule has 21 heavy (non-hydrogen) atoms. The Morgan fingerprint density at radius 3 is 2.57 bits per heavy atom. The fourth-order valence-electron chi connectivity index (χ4n) is 1.27. The fourth-order valence-corrected chi connectivity index (χ4v) is 1.80. The van der Waals surface area contributed by atoms with E-state index in [4.69, 9.17) is 33.0 Å². The van der Waals surface area contributed by atoms with E-state index in [0.717, 1.165) is 6.21 Å². The lowest BCUT2D eigenvalue weighted by Gasteiger charge is -2.18. The Balaban J connectivity index is 2.90. The van der Waals surface area contributed by atoms with Gasteiger partial charge in [0.25, 0.3) is 0 Å². The summed E-state index contributed by atoms with van der Waals surface area (Å²) >= 11 is 11.4. The molecule has 0 aliphatic carbocycles. The Morgan fingerprint density at radius 2 is 2.05 bits per heavy atom. The van der Waals surface area contributed by atoms with Crippen molar-refractivity contribution >= 4 is 41.5 Å². The quantitative estimate of drug-likeness (QED) is 0.503. The summed E-state index contributed by atoms with van der Waals surface area (Å²) in [6.07, 6.45) is 0.314. The average molecular weight is 334 g/mol. The maximum atomic E-state index is 11.4. The number of hydrazone groups is 1. The predicted octanol–water partition coefficient (Wildman–Crippen LogP) is 2.95. The van der Waals surface area contributed by atoms with Crippen LogP contribution in [0, 0.1) is 0 Å². The molecular weight excluding hydrogens is 321 g/mol. The number of ether oxygens (including phenoxy) is 1. The van der Waals surface area contributed by atoms with Crippen LogP contribution in [-0.4, -0.2) is 34.0 Å². The Labute approximate surface area is 130 Å². The first-order valence-corrected chi connectivity index (χ1v) is 6.47. The summed E-state index contributed by atoms with van der Waals surface area (Å²) in [4.78, 5) is 26.1. The van der Waals surface area contributed by atoms with Gasteiger partial charge in [-0.1, -0.05) is 23.2 Å². The largest absolute Gasteiger partial charge is 0.478 e. The summed E-state index contributed by atoms with van der Waals surface area (Å²) < 4.78 is 4.96. The number of carbonyl (C=O) groups is 2. The van der Waals surface area contributed by atoms with Crippen LogP contribution >= 0.6 is 23.2 Å². The van der Waals surface area contributed by atoms with E-state index in [1.54, 1.807) is 20.8 Å². The Bertz CT molecular complexity index is 597. The van der Waals surface area contributed by atoms with Crippen molar-refractivity contribution < 1.29 is 19.4 Å². The molecule has 1 heterocycles. The molecule has 0 aliphatic rings. The van der Waals surface area contributed by atoms with E-state index in [0.29, 0.717) is 0 Å². The summed E-state index contributed by atoms with van der Waals surface area (Å²) in [5.41, 5.74) is 1.26. The number of rotatable bonds is 3. The maximum Gasteiger partial charge on any atom is 0.428 e. The Hall–Kier alpha value is -1.86. The number of pyridine rings is 1. The van der Waals surface area contributed by atoms with Crippen LogP contribution in [0.5, 0.6) is 0 Å². The van der Waals surface area contributed by atoms with Gasteiger partial charge in [0.1, 0.15) is 21.5 Å². The number of hydrogen-bond acceptors (Lipinski definition) is 5. The zero-order valence-electron chi connectivity index (χ0n) is 11.5. The van der Waals surface area contributed by atoms with E-state index in [1.165, 1.54) is 6.07 Å². The SMILES string of the molecule is CC(C)(C)OC(=O)NN=Cc1cc(Cl)nc(Cl)c1C(=O)O. The second-order valence-electron chi connectivity index (χ2n) is 4.88. The van der Waals surface area contributed by atoms with Gasteiger partial charge in [-0.3, -0.25) is 0 Å². The van der Waals surface area contributed by atoms with E-state index in [2.05, 4.69) is 15.5 Å². The molecule has 0 unspecified atom stereocenters. The van der Waals surface area contributed by atoms with Crippen molar-refractivity contribution in [3.05, 3.63) is 27.5 Å². The van der Waals surface area contributed by atoms with Gasteiger partial charge in [0.05, 0.1) is 6.21 Å². The zero-order valence-corrected chi connectivity index (χ0v) is 13.0. The van der Waals surface area contributed by atoms with Crippen molar-refractivity contribution in [3.63, 3.8) is 0 Å². The molecule has 0 saturated carbocycles. The van der Waals surface area contributed by atoms with Crippen LogP contribution in [0.25, 0.3) is 0 Å². The van der Waals surface area contributed by atoms with E-state index in [-0.39, 0.29) is 21.4 Å². The number of nitrogens with zero attached hydrogens (tertiary/aromatic N) is 2. The van der Waals surface area contributed by atoms with Gasteiger partial charge in [0, 0.05) is 5.56 Å². The van der Waals surface area contributed by atoms with Gasteiger partial charge >= 0.3 is 12.1 Å². The lowest BCUT2D eigenvalue weighted by molar-refractivity contribution is 0.0529. The number of aromatic carboxylic acids is 1. The van der Waals surface area contributed by atoms with Crippen molar-refractivity contribution in [1.29, 1.82) is 0 Å². The number of carboxylic acid groups (broad SMARTS) is 1. The molecule has 0 fully saturated rings. The highest BCUT2D eigenvalue weighted by molar-refractivity contribution is 6.35. The summed E-state index contributed by atoms with van der Waals surface area (Å²) in [6, 6.07) is 1.26. The van der Waals surface area contributed by atoms with E-state index in [1.807, 2.05) is 0 Å². The van der Waals surface area contributed by atoms with Gasteiger partial charge in [-0.15, -0.1) is 0 Å². The van der Waals surface area contributed by atoms with Crippen LogP contribution in [0.1, 0.15) is 36.7 Å². The van der Waals surface area contributed by atoms with Gasteiger partial charge in [0.15, 0.2) is 0 Å². The molecule has 1 aromatic heterocycles. The van der Waals surface area contributed by atoms with Crippen LogP contribution < -0.4 is 5.43 Å². The standard InChI is InChI=1S/C12H13Cl2N3O4/c1-12(2,3)21-11(20)17-15-5-6-4-7(13)16-9(14)8(6)10(18)19/h4-5H,1-3H3,(H,17,20)(H,18,19). The van der Waals surface area contributed by atoms with E-state index >= 15 is 0 Å². The summed E-state index contributed by atoms with van der Waals surface area (Å²) in [5, 5.41) is 12.4. The minimum absolute atomic E-state index is 0.00344. The van der Waals surface area contributed by atoms with Gasteiger partial charge in [0.2, 0.25) is 0 Å². The molecule has 2 N–H and O–H groups in total. The van der Waals surface area contributed by atoms with Gasteiger partial charge in [-0.25, -0.2) is 20.0 Å². The molecule has 0 radical (unpaired) electrons. The van der Waals surface area contributed by atoms with Crippen molar-refractivity contribution in [2.45, 2.75) is 26.4 Å². The number of aromatic nitrogens is 1. The van der Waals surface area contributed by atoms with Crippen molar-refractivity contribution in [1.82, 2.24) is 10.4 Å². The number of nitrogens with one attached hydrogen (secondary N) is 1. The van der Waals surface area contributed by atoms with Crippen molar-refractivity contribution in [2.24, 2.45) is 5.10 Å². The molecular formula is C12H13Cl2N3O4. The lowest BCUT2D eigenvalue weighted by Crippen LogP contribution is -2.29. The number of carbonyl (C=O) groups excluding carboxylic acids is 1. The third-order valence-corrected chi connectivity index (χ3v) is 2.41. The molecule has 1 aromatic rings. The first kappa shape index (κ1) is 17.2. The van der Waals surface area contributed by atoms with Crippen LogP contribution in [0.3, 0.4) is 0 Å². The Kier molecular flexibility index (Phi) is 5.51. The van der Waals surface area contributed by atoms with Crippen molar-refractivity contribution in [3.8, 4) is 0 Å². The highest BCUT2D eigenvalue weighted by Gasteiger charge is 2.17. The molecule has 1 rings (SSSR count). The molecule has 7 nitrogen and oxygen atoms in total. The first-order chi connectivity index (χ1) is 9.60.